The molecule has 0 fully saturated rings. The maximum absolute atomic E-state index is 4.38. The lowest BCUT2D eigenvalue weighted by atomic mass is 10.1. The zero-order valence-corrected chi connectivity index (χ0v) is 10.9. The average molecular weight is 239 g/mol. The summed E-state index contributed by atoms with van der Waals surface area (Å²) < 4.78 is 0. The predicted molar refractivity (Wildman–Crippen MR) is 75.4 cm³/mol. The van der Waals surface area contributed by atoms with E-state index in [1.54, 1.807) is 6.33 Å². The second-order valence-corrected chi connectivity index (χ2v) is 3.78. The van der Waals surface area contributed by atoms with Crippen LogP contribution in [0, 0.1) is 6.92 Å². The molecule has 3 rings (SSSR count). The maximum atomic E-state index is 4.38. The average Bonchev–Trinajstić information content (AvgIpc) is 2.84. The van der Waals surface area contributed by atoms with Gasteiger partial charge in [-0.3, -0.25) is 0 Å². The van der Waals surface area contributed by atoms with E-state index in [0.29, 0.717) is 0 Å². The van der Waals surface area contributed by atoms with E-state index in [-0.39, 0.29) is 0 Å². The van der Waals surface area contributed by atoms with Gasteiger partial charge < -0.3 is 4.98 Å². The van der Waals surface area contributed by atoms with Gasteiger partial charge in [-0.15, -0.1) is 0 Å². The van der Waals surface area contributed by atoms with Crippen LogP contribution >= 0.6 is 0 Å². The number of hydrogen-bond acceptors (Lipinski definition) is 2. The molecule has 92 valence electrons. The summed E-state index contributed by atoms with van der Waals surface area (Å²) in [7, 11) is 0. The fourth-order valence-electron chi connectivity index (χ4n) is 1.93. The van der Waals surface area contributed by atoms with Crippen molar-refractivity contribution in [3.8, 4) is 11.3 Å². The van der Waals surface area contributed by atoms with Crippen molar-refractivity contribution in [1.29, 1.82) is 0 Å². The number of H-pyrrole nitrogens is 1. The van der Waals surface area contributed by atoms with Crippen molar-refractivity contribution < 1.29 is 0 Å². The van der Waals surface area contributed by atoms with Crippen LogP contribution in [0.4, 0.5) is 0 Å². The summed E-state index contributed by atoms with van der Waals surface area (Å²) in [6, 6.07) is 10.2. The molecule has 0 unspecified atom stereocenters. The summed E-state index contributed by atoms with van der Waals surface area (Å²) in [6.07, 6.45) is 3.56. The molecule has 0 radical (unpaired) electrons. The van der Waals surface area contributed by atoms with E-state index >= 15 is 0 Å². The number of hydrogen-bond donors (Lipinski definition) is 1. The fourth-order valence-corrected chi connectivity index (χ4v) is 1.93. The Bertz CT molecular complexity index is 627. The van der Waals surface area contributed by atoms with Gasteiger partial charge in [0, 0.05) is 17.1 Å². The lowest BCUT2D eigenvalue weighted by Gasteiger charge is -2.02. The first-order chi connectivity index (χ1) is 8.86. The van der Waals surface area contributed by atoms with Gasteiger partial charge in [-0.1, -0.05) is 44.2 Å². The molecule has 0 aliphatic heterocycles. The van der Waals surface area contributed by atoms with Gasteiger partial charge in [0.25, 0.3) is 0 Å². The molecule has 18 heavy (non-hydrogen) atoms. The van der Waals surface area contributed by atoms with Crippen molar-refractivity contribution in [3.05, 3.63) is 48.4 Å². The summed E-state index contributed by atoms with van der Waals surface area (Å²) in [5.74, 6) is 0. The first-order valence-corrected chi connectivity index (χ1v) is 6.20. The zero-order chi connectivity index (χ0) is 13.0. The Morgan fingerprint density at radius 2 is 1.72 bits per heavy atom. The van der Waals surface area contributed by atoms with Crippen molar-refractivity contribution in [1.82, 2.24) is 15.0 Å². The monoisotopic (exact) mass is 239 g/mol. The quantitative estimate of drug-likeness (QED) is 0.698. The number of nitrogens with zero attached hydrogens (tertiary/aromatic N) is 2. The summed E-state index contributed by atoms with van der Waals surface area (Å²) in [5, 5.41) is 1.11. The maximum Gasteiger partial charge on any atom is 0.141 e. The molecule has 0 amide bonds. The number of rotatable bonds is 1. The molecule has 0 aliphatic rings. The van der Waals surface area contributed by atoms with Gasteiger partial charge in [0.05, 0.1) is 5.69 Å². The molecular formula is C15H17N3. The first-order valence-electron chi connectivity index (χ1n) is 6.20. The Balaban J connectivity index is 0.000000574. The SMILES string of the molecule is CC.Cc1c[nH]c2ncnc(-c3ccccc3)c12. The molecule has 0 saturated carbocycles. The third kappa shape index (κ3) is 2.12. The molecular weight excluding hydrogens is 222 g/mol. The Morgan fingerprint density at radius 3 is 2.44 bits per heavy atom. The van der Waals surface area contributed by atoms with Crippen LogP contribution in [0.5, 0.6) is 0 Å². The molecule has 0 saturated heterocycles. The molecule has 0 atom stereocenters. The molecule has 3 aromatic rings. The molecule has 2 heterocycles. The highest BCUT2D eigenvalue weighted by atomic mass is 14.9. The second kappa shape index (κ2) is 5.45. The lowest BCUT2D eigenvalue weighted by molar-refractivity contribution is 1.20. The topological polar surface area (TPSA) is 41.6 Å². The van der Waals surface area contributed by atoms with E-state index in [2.05, 4.69) is 34.0 Å². The summed E-state index contributed by atoms with van der Waals surface area (Å²) in [6.45, 7) is 6.06. The second-order valence-electron chi connectivity index (χ2n) is 3.78. The Hall–Kier alpha value is -2.16. The van der Waals surface area contributed by atoms with Crippen LogP contribution in [0.2, 0.25) is 0 Å². The highest BCUT2D eigenvalue weighted by molar-refractivity contribution is 5.93. The van der Waals surface area contributed by atoms with Gasteiger partial charge in [-0.25, -0.2) is 9.97 Å². The molecule has 3 heteroatoms. The van der Waals surface area contributed by atoms with Crippen LogP contribution in [-0.2, 0) is 0 Å². The van der Waals surface area contributed by atoms with Crippen molar-refractivity contribution in [3.63, 3.8) is 0 Å². The van der Waals surface area contributed by atoms with Crippen LogP contribution in [-0.4, -0.2) is 15.0 Å². The van der Waals surface area contributed by atoms with Gasteiger partial charge in [-0.05, 0) is 12.5 Å². The molecule has 2 aromatic heterocycles. The van der Waals surface area contributed by atoms with Crippen LogP contribution in [0.15, 0.2) is 42.9 Å². The normalized spacial score (nSPS) is 9.94. The number of aromatic nitrogens is 3. The van der Waals surface area contributed by atoms with Crippen molar-refractivity contribution >= 4 is 11.0 Å². The Labute approximate surface area is 107 Å². The molecule has 3 nitrogen and oxygen atoms in total. The largest absolute Gasteiger partial charge is 0.346 e. The third-order valence-electron chi connectivity index (χ3n) is 2.71. The van der Waals surface area contributed by atoms with Crippen LogP contribution in [0.1, 0.15) is 19.4 Å². The molecule has 1 aromatic carbocycles. The number of aromatic amines is 1. The summed E-state index contributed by atoms with van der Waals surface area (Å²) in [5.41, 5.74) is 4.18. The van der Waals surface area contributed by atoms with E-state index in [1.165, 1.54) is 5.56 Å². The van der Waals surface area contributed by atoms with Gasteiger partial charge in [0.15, 0.2) is 0 Å². The molecule has 1 N–H and O–H groups in total. The number of benzene rings is 1. The van der Waals surface area contributed by atoms with E-state index in [9.17, 15) is 0 Å². The zero-order valence-electron chi connectivity index (χ0n) is 10.9. The fraction of sp³-hybridized carbons (Fsp3) is 0.200. The highest BCUT2D eigenvalue weighted by Gasteiger charge is 2.09. The van der Waals surface area contributed by atoms with E-state index in [0.717, 1.165) is 22.3 Å². The standard InChI is InChI=1S/C13H11N3.C2H6/c1-9-7-14-13-11(9)12(15-8-16-13)10-5-3-2-4-6-10;1-2/h2-8H,1H3,(H,14,15,16);1-2H3. The molecule has 0 spiro atoms. The van der Waals surface area contributed by atoms with Gasteiger partial charge in [0.2, 0.25) is 0 Å². The Morgan fingerprint density at radius 1 is 1.00 bits per heavy atom. The molecule has 0 aliphatic carbocycles. The predicted octanol–water partition coefficient (Wildman–Crippen LogP) is 3.96. The number of fused-ring (bicyclic) bond motifs is 1. The van der Waals surface area contributed by atoms with Gasteiger partial charge in [-0.2, -0.15) is 0 Å². The van der Waals surface area contributed by atoms with E-state index < -0.39 is 0 Å². The van der Waals surface area contributed by atoms with E-state index in [1.807, 2.05) is 38.2 Å². The minimum atomic E-state index is 0.895. The van der Waals surface area contributed by atoms with Gasteiger partial charge in [0.1, 0.15) is 12.0 Å². The summed E-state index contributed by atoms with van der Waals surface area (Å²) in [4.78, 5) is 11.7. The third-order valence-corrected chi connectivity index (χ3v) is 2.71. The molecule has 0 bridgehead atoms. The van der Waals surface area contributed by atoms with Gasteiger partial charge >= 0.3 is 0 Å². The van der Waals surface area contributed by atoms with Crippen LogP contribution < -0.4 is 0 Å². The summed E-state index contributed by atoms with van der Waals surface area (Å²) >= 11 is 0. The van der Waals surface area contributed by atoms with E-state index in [4.69, 9.17) is 0 Å². The number of aryl methyl sites for hydroxylation is 1. The Kier molecular flexibility index (Phi) is 3.72. The van der Waals surface area contributed by atoms with Crippen LogP contribution in [0.25, 0.3) is 22.3 Å². The van der Waals surface area contributed by atoms with Crippen molar-refractivity contribution in [2.75, 3.05) is 0 Å². The lowest BCUT2D eigenvalue weighted by Crippen LogP contribution is -1.87. The van der Waals surface area contributed by atoms with Crippen molar-refractivity contribution in [2.24, 2.45) is 0 Å². The minimum absolute atomic E-state index is 0.895. The highest BCUT2D eigenvalue weighted by Crippen LogP contribution is 2.26. The van der Waals surface area contributed by atoms with Crippen LogP contribution in [0.3, 0.4) is 0 Å². The smallest absolute Gasteiger partial charge is 0.141 e. The first kappa shape index (κ1) is 12.3. The number of nitrogens with one attached hydrogen (secondary N) is 1. The minimum Gasteiger partial charge on any atom is -0.346 e. The van der Waals surface area contributed by atoms with Crippen molar-refractivity contribution in [2.45, 2.75) is 20.8 Å².